The molecule has 0 amide bonds. The molecular formula is C22H32O5. The van der Waals surface area contributed by atoms with Gasteiger partial charge in [-0.3, -0.25) is 9.59 Å². The lowest BCUT2D eigenvalue weighted by atomic mass is 9.90. The first-order chi connectivity index (χ1) is 13.0. The number of ketones is 1. The van der Waals surface area contributed by atoms with Gasteiger partial charge in [0.1, 0.15) is 5.78 Å². The van der Waals surface area contributed by atoms with Crippen molar-refractivity contribution in [2.45, 2.75) is 64.1 Å². The van der Waals surface area contributed by atoms with Crippen LogP contribution >= 0.6 is 0 Å². The average Bonchev–Trinajstić information content (AvgIpc) is 2.88. The fraction of sp³-hybridized carbons (Fsp3) is 0.545. The fourth-order valence-corrected chi connectivity index (χ4v) is 3.10. The SMILES string of the molecule is CC/C=C\C[C@H]1[C@H](O)CC(=O)[C@H]1/C=C/[C@H](O)C/C=C\C/C=C\CCC(=O)O. The van der Waals surface area contributed by atoms with Gasteiger partial charge in [0, 0.05) is 24.7 Å². The van der Waals surface area contributed by atoms with E-state index in [-0.39, 0.29) is 30.5 Å². The Morgan fingerprint density at radius 1 is 1.19 bits per heavy atom. The van der Waals surface area contributed by atoms with Crippen LogP contribution in [0.1, 0.15) is 51.9 Å². The van der Waals surface area contributed by atoms with Crippen molar-refractivity contribution >= 4 is 11.8 Å². The quantitative estimate of drug-likeness (QED) is 0.453. The molecule has 5 heteroatoms. The molecule has 5 nitrogen and oxygen atoms in total. The summed E-state index contributed by atoms with van der Waals surface area (Å²) in [6, 6.07) is 0. The second-order valence-electron chi connectivity index (χ2n) is 6.84. The predicted molar refractivity (Wildman–Crippen MR) is 106 cm³/mol. The maximum atomic E-state index is 12.1. The van der Waals surface area contributed by atoms with Gasteiger partial charge in [0.25, 0.3) is 0 Å². The number of carbonyl (C=O) groups excluding carboxylic acids is 1. The minimum atomic E-state index is -0.804. The second kappa shape index (κ2) is 13.2. The third-order valence-electron chi connectivity index (χ3n) is 4.60. The maximum absolute atomic E-state index is 12.1. The molecule has 0 aromatic heterocycles. The van der Waals surface area contributed by atoms with E-state index >= 15 is 0 Å². The van der Waals surface area contributed by atoms with Crippen molar-refractivity contribution in [1.29, 1.82) is 0 Å². The fourth-order valence-electron chi connectivity index (χ4n) is 3.10. The van der Waals surface area contributed by atoms with Gasteiger partial charge in [-0.1, -0.05) is 55.5 Å². The molecule has 0 unspecified atom stereocenters. The number of hydrogen-bond donors (Lipinski definition) is 3. The second-order valence-corrected chi connectivity index (χ2v) is 6.84. The monoisotopic (exact) mass is 376 g/mol. The molecule has 1 fully saturated rings. The molecule has 27 heavy (non-hydrogen) atoms. The summed E-state index contributed by atoms with van der Waals surface area (Å²) < 4.78 is 0. The van der Waals surface area contributed by atoms with Crippen molar-refractivity contribution in [3.63, 3.8) is 0 Å². The minimum Gasteiger partial charge on any atom is -0.481 e. The van der Waals surface area contributed by atoms with Gasteiger partial charge in [-0.25, -0.2) is 0 Å². The summed E-state index contributed by atoms with van der Waals surface area (Å²) in [5.41, 5.74) is 0. The first-order valence-electron chi connectivity index (χ1n) is 9.69. The van der Waals surface area contributed by atoms with Crippen molar-refractivity contribution in [2.24, 2.45) is 11.8 Å². The van der Waals surface area contributed by atoms with Crippen molar-refractivity contribution in [2.75, 3.05) is 0 Å². The van der Waals surface area contributed by atoms with Crippen LogP contribution < -0.4 is 0 Å². The Labute approximate surface area is 161 Å². The van der Waals surface area contributed by atoms with Crippen molar-refractivity contribution in [3.05, 3.63) is 48.6 Å². The Morgan fingerprint density at radius 2 is 1.93 bits per heavy atom. The van der Waals surface area contributed by atoms with E-state index in [1.54, 1.807) is 12.2 Å². The number of hydrogen-bond acceptors (Lipinski definition) is 4. The van der Waals surface area contributed by atoms with Gasteiger partial charge in [0.05, 0.1) is 12.2 Å². The molecule has 1 rings (SSSR count). The predicted octanol–water partition coefficient (Wildman–Crippen LogP) is 3.58. The summed E-state index contributed by atoms with van der Waals surface area (Å²) in [6.07, 6.45) is 17.2. The lowest BCUT2D eigenvalue weighted by molar-refractivity contribution is -0.136. The van der Waals surface area contributed by atoms with E-state index in [1.165, 1.54) is 0 Å². The molecule has 0 spiro atoms. The number of carbonyl (C=O) groups is 2. The number of aliphatic carboxylic acids is 1. The molecule has 150 valence electrons. The van der Waals surface area contributed by atoms with E-state index in [9.17, 15) is 19.8 Å². The van der Waals surface area contributed by atoms with Crippen LogP contribution in [0.3, 0.4) is 0 Å². The van der Waals surface area contributed by atoms with Crippen molar-refractivity contribution in [1.82, 2.24) is 0 Å². The molecule has 0 radical (unpaired) electrons. The molecule has 4 atom stereocenters. The summed E-state index contributed by atoms with van der Waals surface area (Å²) in [5, 5.41) is 28.7. The Hall–Kier alpha value is -1.98. The number of carboxylic acids is 1. The molecule has 1 saturated carbocycles. The first-order valence-corrected chi connectivity index (χ1v) is 9.69. The summed E-state index contributed by atoms with van der Waals surface area (Å²) >= 11 is 0. The van der Waals surface area contributed by atoms with Crippen molar-refractivity contribution in [3.8, 4) is 0 Å². The molecule has 3 N–H and O–H groups in total. The lowest BCUT2D eigenvalue weighted by Crippen LogP contribution is -2.19. The molecule has 1 aliphatic rings. The summed E-state index contributed by atoms with van der Waals surface area (Å²) in [4.78, 5) is 22.5. The average molecular weight is 376 g/mol. The first kappa shape index (κ1) is 23.1. The Morgan fingerprint density at radius 3 is 2.63 bits per heavy atom. The molecule has 1 aliphatic carbocycles. The summed E-state index contributed by atoms with van der Waals surface area (Å²) in [5.74, 6) is -1.22. The van der Waals surface area contributed by atoms with Gasteiger partial charge >= 0.3 is 5.97 Å². The zero-order valence-electron chi connectivity index (χ0n) is 16.0. The van der Waals surface area contributed by atoms with E-state index in [1.807, 2.05) is 43.4 Å². The number of carboxylic acid groups (broad SMARTS) is 1. The van der Waals surface area contributed by atoms with Gasteiger partial charge in [0.2, 0.25) is 0 Å². The van der Waals surface area contributed by atoms with Crippen LogP contribution in [0.15, 0.2) is 48.6 Å². The number of Topliss-reactive ketones (excluding diaryl/α,β-unsaturated/α-hetero) is 1. The zero-order valence-corrected chi connectivity index (χ0v) is 16.0. The molecule has 0 aliphatic heterocycles. The molecule has 0 saturated heterocycles. The maximum Gasteiger partial charge on any atom is 0.303 e. The number of allylic oxidation sites excluding steroid dienone is 6. The van der Waals surface area contributed by atoms with Gasteiger partial charge in [-0.05, 0) is 32.1 Å². The van der Waals surface area contributed by atoms with Gasteiger partial charge < -0.3 is 15.3 Å². The van der Waals surface area contributed by atoms with Crippen LogP contribution in [-0.4, -0.2) is 39.3 Å². The van der Waals surface area contributed by atoms with E-state index in [0.29, 0.717) is 25.7 Å². The smallest absolute Gasteiger partial charge is 0.303 e. The highest BCUT2D eigenvalue weighted by Crippen LogP contribution is 2.33. The van der Waals surface area contributed by atoms with Crippen molar-refractivity contribution < 1.29 is 24.9 Å². The third-order valence-corrected chi connectivity index (χ3v) is 4.60. The van der Waals surface area contributed by atoms with E-state index in [0.717, 1.165) is 6.42 Å². The van der Waals surface area contributed by atoms with E-state index < -0.39 is 18.2 Å². The summed E-state index contributed by atoms with van der Waals surface area (Å²) in [7, 11) is 0. The lowest BCUT2D eigenvalue weighted by Gasteiger charge is -2.16. The van der Waals surface area contributed by atoms with E-state index in [2.05, 4.69) is 0 Å². The Balaban J connectivity index is 2.40. The van der Waals surface area contributed by atoms with Gasteiger partial charge in [0.15, 0.2) is 0 Å². The number of rotatable bonds is 12. The molecule has 0 aromatic carbocycles. The Bertz CT molecular complexity index is 573. The molecule has 0 aromatic rings. The summed E-state index contributed by atoms with van der Waals surface area (Å²) in [6.45, 7) is 2.04. The highest BCUT2D eigenvalue weighted by atomic mass is 16.4. The molecular weight excluding hydrogens is 344 g/mol. The van der Waals surface area contributed by atoms with Crippen LogP contribution in [0, 0.1) is 11.8 Å². The van der Waals surface area contributed by atoms with Crippen LogP contribution in [0.4, 0.5) is 0 Å². The number of aliphatic hydroxyl groups excluding tert-OH is 2. The number of aliphatic hydroxyl groups is 2. The normalized spacial score (nSPS) is 24.9. The topological polar surface area (TPSA) is 94.8 Å². The van der Waals surface area contributed by atoms with Crippen LogP contribution in [0.25, 0.3) is 0 Å². The van der Waals surface area contributed by atoms with Gasteiger partial charge in [-0.2, -0.15) is 0 Å². The minimum absolute atomic E-state index is 0.0305. The molecule has 0 heterocycles. The van der Waals surface area contributed by atoms with Crippen LogP contribution in [0.2, 0.25) is 0 Å². The highest BCUT2D eigenvalue weighted by molar-refractivity contribution is 5.86. The molecule has 0 bridgehead atoms. The van der Waals surface area contributed by atoms with E-state index in [4.69, 9.17) is 5.11 Å². The van der Waals surface area contributed by atoms with Gasteiger partial charge in [-0.15, -0.1) is 0 Å². The Kier molecular flexibility index (Phi) is 11.3. The van der Waals surface area contributed by atoms with Crippen LogP contribution in [-0.2, 0) is 9.59 Å². The highest BCUT2D eigenvalue weighted by Gasteiger charge is 2.39. The third kappa shape index (κ3) is 9.50. The standard InChI is InChI=1S/C22H32O5/c1-2-3-8-12-18-19(21(25)16-20(18)24)15-14-17(23)11-9-6-4-5-7-10-13-22(26)27/h3,5-9,14-15,17-20,23-24H,2,4,10-13,16H2,1H3,(H,26,27)/b7-5-,8-3-,9-6-,15-14+/t17-,18-,19+,20-/m1/s1. The largest absolute Gasteiger partial charge is 0.481 e. The van der Waals surface area contributed by atoms with Crippen LogP contribution in [0.5, 0.6) is 0 Å². The zero-order chi connectivity index (χ0) is 20.1.